The number of halogens is 6. The van der Waals surface area contributed by atoms with Gasteiger partial charge in [-0.2, -0.15) is 0 Å². The van der Waals surface area contributed by atoms with Gasteiger partial charge < -0.3 is 39.8 Å². The van der Waals surface area contributed by atoms with Gasteiger partial charge in [0, 0.05) is 144 Å². The average Bonchev–Trinajstić information content (AvgIpc) is 1.57. The molecule has 4 fully saturated rings. The molecular weight excluding hydrogens is 1270 g/mol. The zero-order valence-corrected chi connectivity index (χ0v) is 54.0. The monoisotopic (exact) mass is 1330 g/mol. The minimum Gasteiger partial charge on any atom is -0.361 e. The van der Waals surface area contributed by atoms with E-state index in [9.17, 15) is 32.8 Å². The number of carbonyl (C=O) groups is 5. The van der Waals surface area contributed by atoms with Crippen LogP contribution in [0.4, 0.5) is 8.78 Å². The molecular formula is C67H65Cl4F2N9O6S2. The van der Waals surface area contributed by atoms with E-state index in [4.69, 9.17) is 51.2 Å². The fourth-order valence-corrected chi connectivity index (χ4v) is 15.8. The van der Waals surface area contributed by atoms with Crippen molar-refractivity contribution < 1.29 is 37.5 Å². The van der Waals surface area contributed by atoms with Gasteiger partial charge in [-0.05, 0) is 97.3 Å². The Morgan fingerprint density at radius 2 is 1.02 bits per heavy atom. The minimum absolute atomic E-state index is 0.00252. The Labute approximate surface area is 548 Å². The second kappa shape index (κ2) is 29.4. The molecule has 90 heavy (non-hydrogen) atoms. The molecule has 8 aromatic rings. The first-order valence-corrected chi connectivity index (χ1v) is 32.7. The number of fused-ring (bicyclic) bond motifs is 2. The lowest BCUT2D eigenvalue weighted by Gasteiger charge is -2.42. The lowest BCUT2D eigenvalue weighted by molar-refractivity contribution is -0.141. The summed E-state index contributed by atoms with van der Waals surface area (Å²) in [5.41, 5.74) is 4.35. The topological polar surface area (TPSA) is 175 Å². The molecule has 4 saturated heterocycles. The number of H-pyrrole nitrogens is 2. The van der Waals surface area contributed by atoms with Crippen molar-refractivity contribution in [2.75, 3.05) is 58.9 Å². The number of piperazine rings is 2. The number of thioether (sulfide) groups is 2. The number of amides is 5. The standard InChI is InChI=1S/C34H33Cl2FN4O3S.C30H27Cl2FN4O2S.C3H5NO/c1-2-6-30(42)39-13-15-40(16-14-39)33(44)34(45-24-7-4-3-5-8-24)19-31(43)41(21-22-9-12-27(36)28(37)17-22)32(34)26-20-38-29-18-23(35)10-11-25(26)29;31-20-7-8-22-23(17-35-26(22)15-20)28-30(40-21-4-2-1-3-5-21,29(39)36-12-10-34-11-13-36)16-27(38)37(28)18-19-6-9-24(32)25(33)14-19;1-2-4-3-5/h3-5,7-12,17-18,20,32,38H,2,6,13-16,19,21H2,1H3;1-9,14-15,17,28,34-35H,10-13,16,18H2;2H2,1H3/t32-,34-;28-,30-;/m00./s1. The Balaban J connectivity index is 0.000000185. The quantitative estimate of drug-likeness (QED) is 0.0666. The molecule has 3 N–H and O–H groups in total. The summed E-state index contributed by atoms with van der Waals surface area (Å²) in [6.45, 7) is 8.64. The number of likely N-dealkylation sites (tertiary alicyclic amines) is 2. The molecule has 4 atom stereocenters. The average molecular weight is 1340 g/mol. The largest absolute Gasteiger partial charge is 0.361 e. The number of hydrogen-bond donors (Lipinski definition) is 3. The number of benzene rings is 6. The maximum atomic E-state index is 15.0. The van der Waals surface area contributed by atoms with Crippen molar-refractivity contribution in [1.82, 2.24) is 39.8 Å². The number of rotatable bonds is 15. The van der Waals surface area contributed by atoms with Crippen LogP contribution >= 0.6 is 69.9 Å². The molecule has 4 aliphatic rings. The van der Waals surface area contributed by atoms with E-state index in [1.165, 1.54) is 53.9 Å². The first-order valence-electron chi connectivity index (χ1n) is 29.6. The summed E-state index contributed by atoms with van der Waals surface area (Å²) in [5, 5.41) is 6.18. The van der Waals surface area contributed by atoms with Gasteiger partial charge in [0.2, 0.25) is 35.6 Å². The van der Waals surface area contributed by atoms with Crippen LogP contribution < -0.4 is 5.32 Å². The number of aromatic amines is 2. The third-order valence-corrected chi connectivity index (χ3v) is 20.3. The van der Waals surface area contributed by atoms with Crippen LogP contribution in [0.2, 0.25) is 20.1 Å². The van der Waals surface area contributed by atoms with Crippen molar-refractivity contribution in [2.45, 2.75) is 84.0 Å². The van der Waals surface area contributed by atoms with Gasteiger partial charge in [-0.15, -0.1) is 23.5 Å². The van der Waals surface area contributed by atoms with Gasteiger partial charge in [0.15, 0.2) is 0 Å². The van der Waals surface area contributed by atoms with Gasteiger partial charge in [-0.25, -0.2) is 18.6 Å². The number of nitrogens with one attached hydrogen (secondary N) is 3. The van der Waals surface area contributed by atoms with Crippen molar-refractivity contribution in [3.63, 3.8) is 0 Å². The van der Waals surface area contributed by atoms with Crippen LogP contribution in [-0.4, -0.2) is 138 Å². The Kier molecular flexibility index (Phi) is 21.5. The van der Waals surface area contributed by atoms with Gasteiger partial charge in [-0.3, -0.25) is 24.0 Å². The van der Waals surface area contributed by atoms with Gasteiger partial charge in [0.25, 0.3) is 0 Å². The van der Waals surface area contributed by atoms with Crippen LogP contribution in [0.25, 0.3) is 21.8 Å². The minimum atomic E-state index is -1.26. The van der Waals surface area contributed by atoms with Gasteiger partial charge in [-0.1, -0.05) is 114 Å². The summed E-state index contributed by atoms with van der Waals surface area (Å²) < 4.78 is 26.6. The molecule has 6 aromatic carbocycles. The van der Waals surface area contributed by atoms with E-state index in [2.05, 4.69) is 20.3 Å². The van der Waals surface area contributed by atoms with E-state index in [1.807, 2.05) is 114 Å². The molecule has 468 valence electrons. The number of aromatic nitrogens is 2. The van der Waals surface area contributed by atoms with E-state index in [0.717, 1.165) is 49.1 Å². The van der Waals surface area contributed by atoms with Crippen LogP contribution in [0.1, 0.15) is 73.9 Å². The van der Waals surface area contributed by atoms with E-state index < -0.39 is 33.2 Å². The van der Waals surface area contributed by atoms with E-state index in [1.54, 1.807) is 45.9 Å². The number of nitrogens with zero attached hydrogens (tertiary/aromatic N) is 6. The molecule has 0 radical (unpaired) electrons. The van der Waals surface area contributed by atoms with Gasteiger partial charge >= 0.3 is 0 Å². The normalized spacial score (nSPS) is 20.0. The third-order valence-electron chi connectivity index (χ3n) is 16.4. The van der Waals surface area contributed by atoms with E-state index >= 15 is 0 Å². The highest BCUT2D eigenvalue weighted by Crippen LogP contribution is 2.57. The Morgan fingerprint density at radius 1 is 0.589 bits per heavy atom. The molecule has 15 nitrogen and oxygen atoms in total. The van der Waals surface area contributed by atoms with E-state index in [0.29, 0.717) is 86.5 Å². The van der Waals surface area contributed by atoms with Crippen molar-refractivity contribution in [3.05, 3.63) is 200 Å². The summed E-state index contributed by atoms with van der Waals surface area (Å²) in [6.07, 6.45) is 6.30. The molecule has 0 aliphatic carbocycles. The molecule has 0 unspecified atom stereocenters. The van der Waals surface area contributed by atoms with Crippen LogP contribution in [0.3, 0.4) is 0 Å². The van der Waals surface area contributed by atoms with Crippen molar-refractivity contribution in [3.8, 4) is 0 Å². The van der Waals surface area contributed by atoms with Crippen LogP contribution in [0.15, 0.2) is 161 Å². The molecule has 0 bridgehead atoms. The fraction of sp³-hybridized carbons (Fsp3) is 0.313. The summed E-state index contributed by atoms with van der Waals surface area (Å²) >= 11 is 27.4. The number of carbonyl (C=O) groups excluding carboxylic acids is 6. The van der Waals surface area contributed by atoms with Crippen molar-refractivity contribution in [2.24, 2.45) is 4.99 Å². The maximum absolute atomic E-state index is 15.0. The summed E-state index contributed by atoms with van der Waals surface area (Å²) in [5.74, 6) is -1.66. The fourth-order valence-electron chi connectivity index (χ4n) is 12.3. The number of aliphatic imine (C=N–C) groups is 1. The highest BCUT2D eigenvalue weighted by atomic mass is 35.5. The molecule has 6 heterocycles. The molecule has 5 amide bonds. The molecule has 4 aliphatic heterocycles. The van der Waals surface area contributed by atoms with Gasteiger partial charge in [0.1, 0.15) is 21.1 Å². The summed E-state index contributed by atoms with van der Waals surface area (Å²) in [7, 11) is 0. The van der Waals surface area contributed by atoms with Crippen molar-refractivity contribution >= 4 is 127 Å². The lowest BCUT2D eigenvalue weighted by Crippen LogP contribution is -2.57. The lowest BCUT2D eigenvalue weighted by atomic mass is 9.90. The molecule has 0 saturated carbocycles. The Morgan fingerprint density at radius 3 is 1.42 bits per heavy atom. The molecule has 2 aromatic heterocycles. The van der Waals surface area contributed by atoms with E-state index in [-0.39, 0.29) is 65.5 Å². The second-order valence-electron chi connectivity index (χ2n) is 22.2. The molecule has 23 heteroatoms. The molecule has 12 rings (SSSR count). The predicted molar refractivity (Wildman–Crippen MR) is 351 cm³/mol. The highest BCUT2D eigenvalue weighted by molar-refractivity contribution is 8.01. The number of isocyanates is 1. The second-order valence-corrected chi connectivity index (χ2v) is 26.7. The number of hydrogen-bond acceptors (Lipinski definition) is 10. The zero-order valence-electron chi connectivity index (χ0n) is 49.3. The third kappa shape index (κ3) is 14.3. The van der Waals surface area contributed by atoms with Crippen LogP contribution in [0.5, 0.6) is 0 Å². The smallest absolute Gasteiger partial charge is 0.242 e. The highest BCUT2D eigenvalue weighted by Gasteiger charge is 2.61. The summed E-state index contributed by atoms with van der Waals surface area (Å²) in [4.78, 5) is 99.9. The first kappa shape index (κ1) is 65.8. The van der Waals surface area contributed by atoms with Crippen LogP contribution in [-0.2, 0) is 41.9 Å². The van der Waals surface area contributed by atoms with Crippen LogP contribution in [0, 0.1) is 11.6 Å². The Bertz CT molecular complexity index is 3980. The maximum Gasteiger partial charge on any atom is 0.242 e. The predicted octanol–water partition coefficient (Wildman–Crippen LogP) is 13.5. The zero-order chi connectivity index (χ0) is 63.7. The van der Waals surface area contributed by atoms with Gasteiger partial charge in [0.05, 0.1) is 35.0 Å². The SMILES string of the molecule is CCCC(=O)N1CCN(C(=O)[C@]2(Sc3ccccc3)CC(=O)N(Cc3ccc(Cl)c(F)c3)[C@H]2c2c[nH]c3cc(Cl)ccc23)CC1.CCN=C=O.O=C1C[C@@](Sc2ccccc2)(C(=O)N2CCNCC2)[C@H](c2c[nH]c3cc(Cl)ccc23)N1Cc1ccc(Cl)c(F)c1. The summed E-state index contributed by atoms with van der Waals surface area (Å²) in [6, 6.07) is 38.1. The molecule has 0 spiro atoms. The Hall–Kier alpha value is -7.19. The van der Waals surface area contributed by atoms with Crippen molar-refractivity contribution in [1.29, 1.82) is 0 Å². The first-order chi connectivity index (χ1) is 43.5.